The number of allylic oxidation sites excluding steroid dienone is 4. The fourth-order valence-electron chi connectivity index (χ4n) is 2.61. The van der Waals surface area contributed by atoms with Gasteiger partial charge in [0.1, 0.15) is 18.1 Å². The van der Waals surface area contributed by atoms with Crippen molar-refractivity contribution in [3.63, 3.8) is 0 Å². The van der Waals surface area contributed by atoms with Crippen LogP contribution in [0.3, 0.4) is 0 Å². The third-order valence-electron chi connectivity index (χ3n) is 3.98. The Labute approximate surface area is 169 Å². The molecule has 1 N–H and O–H groups in total. The zero-order valence-corrected chi connectivity index (χ0v) is 15.7. The van der Waals surface area contributed by atoms with Gasteiger partial charge in [0.25, 0.3) is 0 Å². The van der Waals surface area contributed by atoms with Gasteiger partial charge < -0.3 is 19.5 Å². The molecule has 0 saturated heterocycles. The van der Waals surface area contributed by atoms with Crippen molar-refractivity contribution < 1.29 is 19.4 Å². The van der Waals surface area contributed by atoms with E-state index in [1.807, 2.05) is 60.7 Å². The summed E-state index contributed by atoms with van der Waals surface area (Å²) in [5.41, 5.74) is 1.66. The van der Waals surface area contributed by atoms with Crippen LogP contribution in [0.4, 0.5) is 0 Å². The minimum absolute atomic E-state index is 0.0890. The molecule has 0 atom stereocenters. The van der Waals surface area contributed by atoms with E-state index in [1.54, 1.807) is 11.1 Å². The van der Waals surface area contributed by atoms with Crippen molar-refractivity contribution in [3.05, 3.63) is 84.4 Å². The van der Waals surface area contributed by atoms with E-state index in [9.17, 15) is 9.90 Å². The van der Waals surface area contributed by atoms with E-state index in [-0.39, 0.29) is 12.4 Å². The standard InChI is InChI=1S/C22H21N3O4/c26-22(27)20-14-19-15-25(20)12-11-23-16-28-13-7-3-1-2-4-8-18-9-5-6-10-21(18)29-17-24-19/h1-12,14,16H,13,15,17H2,(H,26,27)/b2-1-,7-3-,8-4-,12-11-,23-16-,24-19+. The second kappa shape index (κ2) is 10.5. The van der Waals surface area contributed by atoms with E-state index < -0.39 is 5.97 Å². The molecule has 0 fully saturated rings. The molecule has 2 aliphatic heterocycles. The van der Waals surface area contributed by atoms with Crippen molar-refractivity contribution in [1.29, 1.82) is 0 Å². The Morgan fingerprint density at radius 1 is 1.14 bits per heavy atom. The third-order valence-corrected chi connectivity index (χ3v) is 3.98. The topological polar surface area (TPSA) is 83.7 Å². The lowest BCUT2D eigenvalue weighted by atomic mass is 10.2. The Balaban J connectivity index is 1.82. The van der Waals surface area contributed by atoms with Crippen molar-refractivity contribution in [2.75, 3.05) is 19.9 Å². The second-order valence-corrected chi connectivity index (χ2v) is 5.98. The number of fused-ring (bicyclic) bond motifs is 3. The van der Waals surface area contributed by atoms with Gasteiger partial charge in [0, 0.05) is 18.0 Å². The van der Waals surface area contributed by atoms with Crippen LogP contribution < -0.4 is 4.74 Å². The number of rotatable bonds is 1. The number of carbonyl (C=O) groups is 1. The van der Waals surface area contributed by atoms with Gasteiger partial charge in [-0.1, -0.05) is 48.6 Å². The number of hydrogen-bond donors (Lipinski definition) is 1. The first-order valence-corrected chi connectivity index (χ1v) is 9.00. The number of hydrogen-bond acceptors (Lipinski definition) is 6. The maximum absolute atomic E-state index is 11.5. The van der Waals surface area contributed by atoms with Gasteiger partial charge in [0.2, 0.25) is 0 Å². The number of aliphatic imine (C=N–C) groups is 2. The van der Waals surface area contributed by atoms with Crippen LogP contribution in [0.25, 0.3) is 6.08 Å². The number of carboxylic acids is 1. The van der Waals surface area contributed by atoms with Crippen molar-refractivity contribution in [2.24, 2.45) is 9.98 Å². The molecule has 0 radical (unpaired) electrons. The van der Waals surface area contributed by atoms with Gasteiger partial charge in [-0.3, -0.25) is 0 Å². The second-order valence-electron chi connectivity index (χ2n) is 5.98. The summed E-state index contributed by atoms with van der Waals surface area (Å²) in [6.45, 7) is 0.793. The summed E-state index contributed by atoms with van der Waals surface area (Å²) in [5, 5.41) is 9.39. The highest BCUT2D eigenvalue weighted by molar-refractivity contribution is 6.06. The Morgan fingerprint density at radius 2 is 2.00 bits per heavy atom. The Morgan fingerprint density at radius 3 is 2.90 bits per heavy atom. The molecule has 7 nitrogen and oxygen atoms in total. The molecule has 7 heteroatoms. The van der Waals surface area contributed by atoms with E-state index >= 15 is 0 Å². The van der Waals surface area contributed by atoms with Crippen molar-refractivity contribution >= 4 is 24.2 Å². The molecule has 0 saturated carbocycles. The molecule has 0 aliphatic carbocycles. The molecule has 2 aliphatic rings. The molecule has 29 heavy (non-hydrogen) atoms. The summed E-state index contributed by atoms with van der Waals surface area (Å²) in [6, 6.07) is 7.64. The minimum atomic E-state index is -1.03. The van der Waals surface area contributed by atoms with Crippen LogP contribution in [0, 0.1) is 0 Å². The summed E-state index contributed by atoms with van der Waals surface area (Å²) in [7, 11) is 0. The van der Waals surface area contributed by atoms with E-state index in [1.165, 1.54) is 18.7 Å². The van der Waals surface area contributed by atoms with Crippen LogP contribution in [0.1, 0.15) is 5.56 Å². The Hall–Kier alpha value is -3.87. The van der Waals surface area contributed by atoms with Gasteiger partial charge in [-0.05, 0) is 18.2 Å². The smallest absolute Gasteiger partial charge is 0.352 e. The van der Waals surface area contributed by atoms with E-state index in [2.05, 4.69) is 9.98 Å². The van der Waals surface area contributed by atoms with E-state index in [0.29, 0.717) is 24.6 Å². The summed E-state index contributed by atoms with van der Waals surface area (Å²) < 4.78 is 11.0. The molecule has 148 valence electrons. The number of ether oxygens (including phenoxy) is 2. The lowest BCUT2D eigenvalue weighted by molar-refractivity contribution is -0.133. The summed E-state index contributed by atoms with van der Waals surface area (Å²) >= 11 is 0. The van der Waals surface area contributed by atoms with Crippen molar-refractivity contribution in [1.82, 2.24) is 4.90 Å². The van der Waals surface area contributed by atoms with Crippen LogP contribution in [-0.2, 0) is 9.53 Å². The zero-order valence-electron chi connectivity index (χ0n) is 15.7. The quantitative estimate of drug-likeness (QED) is 0.793. The molecule has 0 spiro atoms. The fourth-order valence-corrected chi connectivity index (χ4v) is 2.61. The molecular formula is C22H21N3O4. The van der Waals surface area contributed by atoms with Gasteiger partial charge in [0.15, 0.2) is 13.1 Å². The maximum Gasteiger partial charge on any atom is 0.352 e. The maximum atomic E-state index is 11.5. The normalized spacial score (nSPS) is 24.3. The largest absolute Gasteiger partial charge is 0.479 e. The van der Waals surface area contributed by atoms with Gasteiger partial charge in [0.05, 0.1) is 12.3 Å². The highest BCUT2D eigenvalue weighted by Gasteiger charge is 2.23. The first kappa shape index (κ1) is 19.9. The first-order valence-electron chi connectivity index (χ1n) is 9.00. The number of aliphatic carboxylic acids is 1. The SMILES string of the molecule is O=C(O)C1=C/C2=N\COc3ccccc3\C=C/C=C\C=C/CO/C=N\C=C/N1C2. The summed E-state index contributed by atoms with van der Waals surface area (Å²) in [5.74, 6) is -0.334. The summed E-state index contributed by atoms with van der Waals surface area (Å²) in [6.07, 6.45) is 17.3. The van der Waals surface area contributed by atoms with E-state index in [0.717, 1.165) is 5.56 Å². The van der Waals surface area contributed by atoms with Gasteiger partial charge in [-0.15, -0.1) is 0 Å². The van der Waals surface area contributed by atoms with Crippen molar-refractivity contribution in [2.45, 2.75) is 0 Å². The highest BCUT2D eigenvalue weighted by atomic mass is 16.5. The third kappa shape index (κ3) is 6.07. The van der Waals surface area contributed by atoms with Crippen LogP contribution in [0.2, 0.25) is 0 Å². The van der Waals surface area contributed by atoms with Crippen LogP contribution in [0.15, 0.2) is 88.8 Å². The lowest BCUT2D eigenvalue weighted by Crippen LogP contribution is -2.20. The van der Waals surface area contributed by atoms with Crippen molar-refractivity contribution in [3.8, 4) is 5.75 Å². The molecule has 0 amide bonds. The van der Waals surface area contributed by atoms with Gasteiger partial charge in [-0.25, -0.2) is 14.8 Å². The van der Waals surface area contributed by atoms with Crippen LogP contribution in [0.5, 0.6) is 5.75 Å². The van der Waals surface area contributed by atoms with E-state index in [4.69, 9.17) is 9.47 Å². The Bertz CT molecular complexity index is 939. The average molecular weight is 391 g/mol. The average Bonchev–Trinajstić information content (AvgIpc) is 3.12. The minimum Gasteiger partial charge on any atom is -0.479 e. The number of para-hydroxylation sites is 1. The molecule has 2 heterocycles. The van der Waals surface area contributed by atoms with Gasteiger partial charge >= 0.3 is 5.97 Å². The molecule has 2 bridgehead atoms. The highest BCUT2D eigenvalue weighted by Crippen LogP contribution is 2.20. The van der Waals surface area contributed by atoms with Crippen LogP contribution in [-0.4, -0.2) is 48.0 Å². The lowest BCUT2D eigenvalue weighted by Gasteiger charge is -2.13. The zero-order chi connectivity index (χ0) is 20.3. The molecule has 1 aromatic rings. The summed E-state index contributed by atoms with van der Waals surface area (Å²) in [4.78, 5) is 21.4. The molecule has 0 aromatic heterocycles. The fraction of sp³-hybridized carbons (Fsp3) is 0.136. The molecule has 0 unspecified atom stereocenters. The first-order chi connectivity index (χ1) is 14.2. The number of benzene rings is 1. The molecule has 3 rings (SSSR count). The van der Waals surface area contributed by atoms with Gasteiger partial charge in [-0.2, -0.15) is 0 Å². The monoisotopic (exact) mass is 391 g/mol. The Kier molecular flexibility index (Phi) is 7.17. The number of nitrogens with zero attached hydrogens (tertiary/aromatic N) is 3. The molecular weight excluding hydrogens is 370 g/mol. The number of carboxylic acid groups (broad SMARTS) is 1. The predicted molar refractivity (Wildman–Crippen MR) is 113 cm³/mol. The van der Waals surface area contributed by atoms with Crippen LogP contribution >= 0.6 is 0 Å². The molecule has 1 aromatic carbocycles. The predicted octanol–water partition coefficient (Wildman–Crippen LogP) is 3.40.